The van der Waals surface area contributed by atoms with Crippen molar-refractivity contribution in [1.29, 1.82) is 0 Å². The predicted molar refractivity (Wildman–Crippen MR) is 48.5 cm³/mol. The monoisotopic (exact) mass is 264 g/mol. The zero-order chi connectivity index (χ0) is 13.5. The molecule has 0 amide bonds. The summed E-state index contributed by atoms with van der Waals surface area (Å²) in [4.78, 5) is 0. The van der Waals surface area contributed by atoms with Crippen molar-refractivity contribution in [3.63, 3.8) is 0 Å². The zero-order valence-electron chi connectivity index (χ0n) is 9.20. The molecule has 102 valence electrons. The van der Waals surface area contributed by atoms with E-state index in [1.165, 1.54) is 0 Å². The largest absolute Gasteiger partial charge is 0.431 e. The first-order valence-corrected chi connectivity index (χ1v) is 5.31. The molecule has 0 bridgehead atoms. The van der Waals surface area contributed by atoms with E-state index in [9.17, 15) is 31.4 Å². The molecule has 0 aromatic rings. The molecule has 1 aliphatic rings. The summed E-state index contributed by atoms with van der Waals surface area (Å²) in [6.45, 7) is 1.72. The molecule has 1 rings (SSSR count). The molecule has 1 unspecified atom stereocenters. The molecular weight excluding hydrogens is 250 g/mol. The summed E-state index contributed by atoms with van der Waals surface area (Å²) in [7, 11) is 0. The van der Waals surface area contributed by atoms with Crippen LogP contribution in [0.3, 0.4) is 0 Å². The van der Waals surface area contributed by atoms with Crippen LogP contribution >= 0.6 is 0 Å². The topological polar surface area (TPSA) is 20.2 Å². The Balaban J connectivity index is 3.07. The van der Waals surface area contributed by atoms with Gasteiger partial charge in [0, 0.05) is 0 Å². The second kappa shape index (κ2) is 4.33. The summed E-state index contributed by atoms with van der Waals surface area (Å²) in [5.41, 5.74) is -7.87. The van der Waals surface area contributed by atoms with E-state index in [4.69, 9.17) is 0 Å². The van der Waals surface area contributed by atoms with Crippen molar-refractivity contribution in [2.45, 2.75) is 56.5 Å². The molecule has 0 radical (unpaired) electrons. The molecule has 17 heavy (non-hydrogen) atoms. The molecule has 1 nitrogen and oxygen atoms in total. The number of rotatable bonds is 2. The maximum atomic E-state index is 13.7. The van der Waals surface area contributed by atoms with Gasteiger partial charge in [0.15, 0.2) is 0 Å². The maximum Gasteiger partial charge on any atom is 0.431 e. The lowest BCUT2D eigenvalue weighted by Gasteiger charge is -2.45. The highest BCUT2D eigenvalue weighted by Crippen LogP contribution is 2.52. The van der Waals surface area contributed by atoms with Crippen LogP contribution in [-0.4, -0.2) is 29.0 Å². The van der Waals surface area contributed by atoms with Crippen molar-refractivity contribution in [3.8, 4) is 0 Å². The normalized spacial score (nSPS) is 34.8. The molecule has 1 atom stereocenters. The van der Waals surface area contributed by atoms with Crippen LogP contribution in [0.1, 0.15) is 32.6 Å². The van der Waals surface area contributed by atoms with Crippen molar-refractivity contribution in [1.82, 2.24) is 0 Å². The van der Waals surface area contributed by atoms with Crippen LogP contribution < -0.4 is 0 Å². The van der Waals surface area contributed by atoms with Crippen molar-refractivity contribution in [3.05, 3.63) is 0 Å². The van der Waals surface area contributed by atoms with E-state index in [2.05, 4.69) is 0 Å². The van der Waals surface area contributed by atoms with Crippen LogP contribution in [0.2, 0.25) is 0 Å². The van der Waals surface area contributed by atoms with Gasteiger partial charge in [0.1, 0.15) is 5.60 Å². The van der Waals surface area contributed by atoms with Crippen LogP contribution in [0.4, 0.5) is 26.3 Å². The minimum atomic E-state index is -5.78. The second-order valence-electron chi connectivity index (χ2n) is 4.72. The second-order valence-corrected chi connectivity index (χ2v) is 4.72. The lowest BCUT2D eigenvalue weighted by Crippen LogP contribution is -2.65. The first-order valence-electron chi connectivity index (χ1n) is 5.31. The average molecular weight is 264 g/mol. The summed E-state index contributed by atoms with van der Waals surface area (Å²) in [5, 5.41) is 9.64. The van der Waals surface area contributed by atoms with E-state index in [0.717, 1.165) is 0 Å². The highest BCUT2D eigenvalue weighted by molar-refractivity contribution is 5.08. The molecule has 0 spiro atoms. The molecule has 0 aromatic heterocycles. The minimum absolute atomic E-state index is 0.00503. The molecule has 0 saturated heterocycles. The van der Waals surface area contributed by atoms with Gasteiger partial charge >= 0.3 is 6.18 Å². The van der Waals surface area contributed by atoms with E-state index in [-0.39, 0.29) is 18.8 Å². The molecule has 1 saturated carbocycles. The summed E-state index contributed by atoms with van der Waals surface area (Å²) < 4.78 is 76.0. The SMILES string of the molecule is CC1CCC(O)(C(F)(C(F)F)C(F)(F)F)CC1. The first kappa shape index (κ1) is 14.6. The Kier molecular flexibility index (Phi) is 3.72. The number of aliphatic hydroxyl groups is 1. The summed E-state index contributed by atoms with van der Waals surface area (Å²) in [6.07, 6.45) is -11.1. The highest BCUT2D eigenvalue weighted by Gasteiger charge is 2.73. The first-order chi connectivity index (χ1) is 7.54. The number of halogens is 6. The van der Waals surface area contributed by atoms with Crippen LogP contribution in [-0.2, 0) is 0 Å². The number of hydrogen-bond donors (Lipinski definition) is 1. The molecule has 1 N–H and O–H groups in total. The van der Waals surface area contributed by atoms with Crippen LogP contribution in [0, 0.1) is 5.92 Å². The fraction of sp³-hybridized carbons (Fsp3) is 1.00. The summed E-state index contributed by atoms with van der Waals surface area (Å²) in [6, 6.07) is 0. The van der Waals surface area contributed by atoms with Gasteiger partial charge in [0.2, 0.25) is 0 Å². The van der Waals surface area contributed by atoms with Gasteiger partial charge < -0.3 is 5.11 Å². The Labute approximate surface area is 94.8 Å². The quantitative estimate of drug-likeness (QED) is 0.757. The third-order valence-corrected chi connectivity index (χ3v) is 3.49. The zero-order valence-corrected chi connectivity index (χ0v) is 9.20. The van der Waals surface area contributed by atoms with Gasteiger partial charge in [0.25, 0.3) is 12.1 Å². The van der Waals surface area contributed by atoms with Crippen molar-refractivity contribution in [2.24, 2.45) is 5.92 Å². The predicted octanol–water partition coefficient (Wildman–Crippen LogP) is 3.46. The Morgan fingerprint density at radius 2 is 1.53 bits per heavy atom. The van der Waals surface area contributed by atoms with Crippen LogP contribution in [0.25, 0.3) is 0 Å². The van der Waals surface area contributed by atoms with Crippen molar-refractivity contribution >= 4 is 0 Å². The van der Waals surface area contributed by atoms with Gasteiger partial charge in [-0.25, -0.2) is 13.2 Å². The van der Waals surface area contributed by atoms with Gasteiger partial charge in [0.05, 0.1) is 0 Å². The number of alkyl halides is 6. The fourth-order valence-corrected chi connectivity index (χ4v) is 2.19. The highest BCUT2D eigenvalue weighted by atomic mass is 19.4. The lowest BCUT2D eigenvalue weighted by atomic mass is 9.70. The molecule has 1 aliphatic carbocycles. The van der Waals surface area contributed by atoms with Crippen molar-refractivity contribution in [2.75, 3.05) is 0 Å². The summed E-state index contributed by atoms with van der Waals surface area (Å²) in [5.74, 6) is 0.00503. The van der Waals surface area contributed by atoms with Crippen LogP contribution in [0.15, 0.2) is 0 Å². The van der Waals surface area contributed by atoms with Gasteiger partial charge in [-0.2, -0.15) is 13.2 Å². The molecule has 1 fully saturated rings. The minimum Gasteiger partial charge on any atom is -0.386 e. The third kappa shape index (κ3) is 2.26. The van der Waals surface area contributed by atoms with E-state index < -0.39 is 36.7 Å². The third-order valence-electron chi connectivity index (χ3n) is 3.49. The van der Waals surface area contributed by atoms with E-state index in [1.54, 1.807) is 6.92 Å². The van der Waals surface area contributed by atoms with Gasteiger partial charge in [-0.05, 0) is 31.6 Å². The smallest absolute Gasteiger partial charge is 0.386 e. The maximum absolute atomic E-state index is 13.7. The van der Waals surface area contributed by atoms with Gasteiger partial charge in [-0.15, -0.1) is 0 Å². The Bertz CT molecular complexity index is 268. The molecule has 0 heterocycles. The Morgan fingerprint density at radius 3 is 1.82 bits per heavy atom. The fourth-order valence-electron chi connectivity index (χ4n) is 2.19. The number of hydrogen-bond acceptors (Lipinski definition) is 1. The standard InChI is InChI=1S/C10H14F6O/c1-6-2-4-8(17,5-3-6)9(13,7(11)12)10(14,15)16/h6-7,17H,2-5H2,1H3. The molecular formula is C10H14F6O. The van der Waals surface area contributed by atoms with E-state index in [1.807, 2.05) is 0 Å². The average Bonchev–Trinajstić information content (AvgIpc) is 2.19. The van der Waals surface area contributed by atoms with E-state index >= 15 is 0 Å². The van der Waals surface area contributed by atoms with Crippen molar-refractivity contribution < 1.29 is 31.4 Å². The molecule has 7 heteroatoms. The Morgan fingerprint density at radius 1 is 1.12 bits per heavy atom. The molecule has 0 aromatic carbocycles. The Hall–Kier alpha value is -0.460. The van der Waals surface area contributed by atoms with Gasteiger partial charge in [-0.1, -0.05) is 6.92 Å². The lowest BCUT2D eigenvalue weighted by molar-refractivity contribution is -0.329. The van der Waals surface area contributed by atoms with Crippen LogP contribution in [0.5, 0.6) is 0 Å². The summed E-state index contributed by atoms with van der Waals surface area (Å²) >= 11 is 0. The van der Waals surface area contributed by atoms with E-state index in [0.29, 0.717) is 0 Å². The molecule has 0 aliphatic heterocycles. The van der Waals surface area contributed by atoms with Gasteiger partial charge in [-0.3, -0.25) is 0 Å².